The lowest BCUT2D eigenvalue weighted by Gasteiger charge is -2.09. The van der Waals surface area contributed by atoms with Gasteiger partial charge in [0.15, 0.2) is 40.7 Å². The van der Waals surface area contributed by atoms with E-state index in [2.05, 4.69) is 9.69 Å². The van der Waals surface area contributed by atoms with Gasteiger partial charge < -0.3 is 0 Å². The van der Waals surface area contributed by atoms with E-state index in [9.17, 15) is 39.5 Å². The van der Waals surface area contributed by atoms with E-state index in [0.717, 1.165) is 31.2 Å². The van der Waals surface area contributed by atoms with E-state index in [1.165, 1.54) is 12.1 Å². The van der Waals surface area contributed by atoms with Crippen LogP contribution >= 0.6 is 0 Å². The van der Waals surface area contributed by atoms with Gasteiger partial charge in [-0.1, -0.05) is 0 Å². The summed E-state index contributed by atoms with van der Waals surface area (Å²) < 4.78 is 137. The van der Waals surface area contributed by atoms with Crippen molar-refractivity contribution < 1.29 is 39.5 Å². The van der Waals surface area contributed by atoms with Gasteiger partial charge in [-0.05, 0) is 23.6 Å². The lowest BCUT2D eigenvalue weighted by molar-refractivity contribution is 0.484. The van der Waals surface area contributed by atoms with Crippen LogP contribution in [0, 0.1) is 140 Å². The first-order chi connectivity index (χ1) is 23.7. The maximum Gasteiger partial charge on any atom is 0.245 e. The zero-order valence-electron chi connectivity index (χ0n) is 24.0. The minimum Gasteiger partial charge on any atom is -0.237 e. The van der Waals surface area contributed by atoms with Crippen LogP contribution in [0.1, 0.15) is 44.5 Å². The van der Waals surface area contributed by atoms with Crippen LogP contribution in [0.3, 0.4) is 0 Å². The molecule has 50 heavy (non-hydrogen) atoms. The minimum atomic E-state index is -2.35. The molecule has 0 N–H and O–H groups in total. The van der Waals surface area contributed by atoms with Gasteiger partial charge in [-0.2, -0.15) is 31.6 Å². The summed E-state index contributed by atoms with van der Waals surface area (Å²) in [5, 5.41) is 57.2. The third-order valence-electron chi connectivity index (χ3n) is 7.23. The summed E-state index contributed by atoms with van der Waals surface area (Å²) in [6, 6.07) is 6.68. The topological polar surface area (TPSA) is 151 Å². The molecule has 0 amide bonds. The highest BCUT2D eigenvalue weighted by Crippen LogP contribution is 2.58. The van der Waals surface area contributed by atoms with Gasteiger partial charge in [0.25, 0.3) is 0 Å². The lowest BCUT2D eigenvalue weighted by Crippen LogP contribution is -2.06. The minimum absolute atomic E-state index is 0.763. The number of rotatable bonds is 3. The van der Waals surface area contributed by atoms with E-state index < -0.39 is 136 Å². The van der Waals surface area contributed by atoms with Crippen LogP contribution in [0.5, 0.6) is 0 Å². The zero-order valence-corrected chi connectivity index (χ0v) is 24.0. The van der Waals surface area contributed by atoms with Crippen molar-refractivity contribution in [3.63, 3.8) is 0 Å². The van der Waals surface area contributed by atoms with Gasteiger partial charge in [0.2, 0.25) is 11.4 Å². The molecular formula is C33H3F9N8. The molecule has 0 bridgehead atoms. The van der Waals surface area contributed by atoms with Crippen molar-refractivity contribution in [1.82, 2.24) is 0 Å². The highest BCUT2D eigenvalue weighted by molar-refractivity contribution is 6.11. The van der Waals surface area contributed by atoms with Crippen LogP contribution in [0.4, 0.5) is 45.2 Å². The number of benzene rings is 3. The second-order valence-corrected chi connectivity index (χ2v) is 9.54. The molecule has 0 radical (unpaired) electrons. The summed E-state index contributed by atoms with van der Waals surface area (Å²) in [6.07, 6.45) is 0. The molecule has 0 spiro atoms. The number of nitriles is 6. The van der Waals surface area contributed by atoms with E-state index in [0.29, 0.717) is 0 Å². The van der Waals surface area contributed by atoms with Crippen LogP contribution < -0.4 is 0 Å². The fourth-order valence-corrected chi connectivity index (χ4v) is 4.91. The standard InChI is InChI=1S/C33H3F9N8/c1-10-11(4-43)24(35)19(28(39)23(10)34)14(7-46)17-18(15(8-47)20-26(37)16(9-48)32(49-2)31(42)29(20)40)21(17)33(50-3)22-25(36)12(5-44)13(6-45)27(38)30(22)41/h1H3. The fourth-order valence-electron chi connectivity index (χ4n) is 4.91. The van der Waals surface area contributed by atoms with Crippen molar-refractivity contribution in [2.45, 2.75) is 6.92 Å². The second-order valence-electron chi connectivity index (χ2n) is 9.54. The summed E-state index contributed by atoms with van der Waals surface area (Å²) in [5.41, 5.74) is -21.5. The Labute approximate surface area is 273 Å². The Bertz CT molecular complexity index is 2500. The number of hydrogen-bond donors (Lipinski definition) is 0. The quantitative estimate of drug-likeness (QED) is 0.119. The summed E-state index contributed by atoms with van der Waals surface area (Å²) >= 11 is 0. The van der Waals surface area contributed by atoms with Gasteiger partial charge in [0.1, 0.15) is 53.1 Å². The number of nitrogens with zero attached hydrogens (tertiary/aromatic N) is 8. The molecule has 3 aromatic rings. The Hall–Kier alpha value is -7.83. The molecule has 17 heteroatoms. The average Bonchev–Trinajstić information content (AvgIpc) is 3.82. The van der Waals surface area contributed by atoms with Gasteiger partial charge in [-0.25, -0.2) is 49.2 Å². The van der Waals surface area contributed by atoms with E-state index in [1.54, 1.807) is 0 Å². The largest absolute Gasteiger partial charge is 0.245 e. The molecule has 1 aliphatic carbocycles. The van der Waals surface area contributed by atoms with Crippen molar-refractivity contribution in [2.24, 2.45) is 0 Å². The summed E-state index contributed by atoms with van der Waals surface area (Å²) in [4.78, 5) is 5.31. The van der Waals surface area contributed by atoms with Crippen molar-refractivity contribution in [3.05, 3.63) is 136 Å². The summed E-state index contributed by atoms with van der Waals surface area (Å²) in [5.74, 6) is -19.3. The molecule has 3 aromatic carbocycles. The van der Waals surface area contributed by atoms with Gasteiger partial charge in [0.05, 0.1) is 58.2 Å². The highest BCUT2D eigenvalue weighted by atomic mass is 19.2. The van der Waals surface area contributed by atoms with Gasteiger partial charge in [-0.15, -0.1) is 0 Å². The average molecular weight is 682 g/mol. The molecule has 0 aliphatic heterocycles. The Morgan fingerprint density at radius 3 is 1.30 bits per heavy atom. The number of halogens is 9. The van der Waals surface area contributed by atoms with Crippen LogP contribution in [0.2, 0.25) is 0 Å². The van der Waals surface area contributed by atoms with E-state index >= 15 is 26.3 Å². The molecule has 238 valence electrons. The smallest absolute Gasteiger partial charge is 0.237 e. The van der Waals surface area contributed by atoms with Crippen molar-refractivity contribution in [1.29, 1.82) is 31.6 Å². The number of hydrogen-bond acceptors (Lipinski definition) is 6. The maximum absolute atomic E-state index is 15.6. The number of allylic oxidation sites excluding steroid dienone is 5. The van der Waals surface area contributed by atoms with Crippen molar-refractivity contribution in [2.75, 3.05) is 0 Å². The van der Waals surface area contributed by atoms with Gasteiger partial charge in [0, 0.05) is 5.56 Å². The predicted octanol–water partition coefficient (Wildman–Crippen LogP) is 7.88. The first-order valence-electron chi connectivity index (χ1n) is 12.7. The monoisotopic (exact) mass is 682 g/mol. The Morgan fingerprint density at radius 2 is 0.880 bits per heavy atom. The fraction of sp³-hybridized carbons (Fsp3) is 0.0303. The molecule has 0 aromatic heterocycles. The Kier molecular flexibility index (Phi) is 8.94. The normalized spacial score (nSPS) is 14.4. The molecule has 0 atom stereocenters. The molecule has 4 rings (SSSR count). The molecule has 0 heterocycles. The van der Waals surface area contributed by atoms with E-state index in [4.69, 9.17) is 18.4 Å². The molecule has 0 unspecified atom stereocenters. The third kappa shape index (κ3) is 4.73. The van der Waals surface area contributed by atoms with Crippen molar-refractivity contribution >= 4 is 22.5 Å². The van der Waals surface area contributed by atoms with Crippen LogP contribution in [-0.4, -0.2) is 0 Å². The summed E-state index contributed by atoms with van der Waals surface area (Å²) in [6.45, 7) is 15.3. The van der Waals surface area contributed by atoms with Crippen LogP contribution in [0.15, 0.2) is 16.7 Å². The second kappa shape index (κ2) is 12.8. The van der Waals surface area contributed by atoms with Crippen LogP contribution in [0.25, 0.3) is 26.5 Å². The molecule has 1 aliphatic rings. The Morgan fingerprint density at radius 1 is 0.480 bits per heavy atom. The molecule has 8 nitrogen and oxygen atoms in total. The molecular weight excluding hydrogens is 679 g/mol. The first-order valence-corrected chi connectivity index (χ1v) is 12.7. The lowest BCUT2D eigenvalue weighted by atomic mass is 9.96. The zero-order chi connectivity index (χ0) is 37.5. The molecule has 1 fully saturated rings. The van der Waals surface area contributed by atoms with Crippen molar-refractivity contribution in [3.8, 4) is 36.4 Å². The SMILES string of the molecule is [C-]#[N+]C(=C1C(=C(C#N)c2c(F)c(F)c(C)c(C#N)c2F)C1=C(C#N)c1c(F)c(F)c([N+]#[C-])c(C#N)c1F)c1c(F)c(F)c(C#N)c(C#N)c1F. The highest BCUT2D eigenvalue weighted by Gasteiger charge is 2.46. The van der Waals surface area contributed by atoms with Gasteiger partial charge in [-0.3, -0.25) is 0 Å². The summed E-state index contributed by atoms with van der Waals surface area (Å²) in [7, 11) is 0. The van der Waals surface area contributed by atoms with E-state index in [-0.39, 0.29) is 0 Å². The molecule has 1 saturated carbocycles. The van der Waals surface area contributed by atoms with E-state index in [1.807, 2.05) is 0 Å². The van der Waals surface area contributed by atoms with Crippen LogP contribution in [-0.2, 0) is 0 Å². The third-order valence-corrected chi connectivity index (χ3v) is 7.23. The molecule has 0 saturated heterocycles. The first kappa shape index (κ1) is 35.0. The Balaban J connectivity index is 2.42. The predicted molar refractivity (Wildman–Crippen MR) is 147 cm³/mol. The maximum atomic E-state index is 15.6. The van der Waals surface area contributed by atoms with Gasteiger partial charge >= 0.3 is 0 Å².